The Morgan fingerprint density at radius 2 is 1.77 bits per heavy atom. The van der Waals surface area contributed by atoms with Crippen molar-refractivity contribution in [2.75, 3.05) is 20.7 Å². The number of imidazole rings is 1. The molecule has 0 aliphatic carbocycles. The van der Waals surface area contributed by atoms with Crippen molar-refractivity contribution in [3.8, 4) is 0 Å². The molecule has 2 aliphatic rings. The van der Waals surface area contributed by atoms with E-state index in [-0.39, 0.29) is 38.4 Å². The Morgan fingerprint density at radius 3 is 2.30 bits per heavy atom. The van der Waals surface area contributed by atoms with Crippen molar-refractivity contribution in [2.24, 2.45) is 4.99 Å². The molecule has 0 saturated carbocycles. The molecule has 0 unspecified atom stereocenters. The van der Waals surface area contributed by atoms with Crippen LogP contribution in [-0.2, 0) is 24.6 Å². The molecule has 0 bridgehead atoms. The Hall–Kier alpha value is -1.91. The molecule has 13 heteroatoms. The Kier molecular flexibility index (Phi) is 9.06. The van der Waals surface area contributed by atoms with E-state index in [1.54, 1.807) is 17.2 Å². The summed E-state index contributed by atoms with van der Waals surface area (Å²) in [5.41, 5.74) is 0.485. The van der Waals surface area contributed by atoms with Gasteiger partial charge in [-0.1, -0.05) is 69.2 Å². The summed E-state index contributed by atoms with van der Waals surface area (Å²) < 4.78 is 31.4. The predicted octanol–water partition coefficient (Wildman–Crippen LogP) is 5.97. The molecule has 4 rings (SSSR count). The molecule has 4 atom stereocenters. The van der Waals surface area contributed by atoms with Crippen molar-refractivity contribution >= 4 is 40.3 Å². The lowest BCUT2D eigenvalue weighted by atomic mass is 10.1. The van der Waals surface area contributed by atoms with E-state index in [0.29, 0.717) is 24.7 Å². The van der Waals surface area contributed by atoms with Crippen molar-refractivity contribution in [1.29, 1.82) is 0 Å². The monoisotopic (exact) mass is 634 g/mol. The van der Waals surface area contributed by atoms with Crippen LogP contribution in [-0.4, -0.2) is 86.2 Å². The van der Waals surface area contributed by atoms with Gasteiger partial charge in [-0.05, 0) is 24.6 Å². The van der Waals surface area contributed by atoms with E-state index < -0.39 is 29.2 Å². The average molecular weight is 635 g/mol. The molecule has 0 amide bonds. The minimum atomic E-state index is -2.82. The topological polar surface area (TPSA) is 105 Å². The fourth-order valence-corrected chi connectivity index (χ4v) is 12.3. The highest BCUT2D eigenvalue weighted by atomic mass is 28.4. The summed E-state index contributed by atoms with van der Waals surface area (Å²) in [5.74, 6) is 0.332. The standard InChI is InChI=1S/C30H54N6O5Si2/c1-15-16-35-25(37)21-24(33-27(35)32-18-34(11)12)36(19-31-21)26-23(40-42(13,14)28(2,3)4)22-20(39-26)17-38-43(41-22,29(5,6)7)30(8,9)10/h18-20,22-23,26H,15-17H2,1-14H3/t20-,22-,23-,26-/m1/s1. The molecule has 0 aromatic carbocycles. The summed E-state index contributed by atoms with van der Waals surface area (Å²) in [6, 6.07) is 0. The van der Waals surface area contributed by atoms with Crippen LogP contribution in [0.5, 0.6) is 0 Å². The molecule has 0 N–H and O–H groups in total. The first-order valence-corrected chi connectivity index (χ1v) is 20.2. The summed E-state index contributed by atoms with van der Waals surface area (Å²) in [4.78, 5) is 29.5. The Balaban J connectivity index is 1.89. The maximum atomic E-state index is 13.7. The molecule has 242 valence electrons. The Bertz CT molecular complexity index is 1390. The van der Waals surface area contributed by atoms with E-state index in [9.17, 15) is 4.79 Å². The van der Waals surface area contributed by atoms with Gasteiger partial charge in [-0.15, -0.1) is 0 Å². The summed E-state index contributed by atoms with van der Waals surface area (Å²) in [6.07, 6.45) is 2.33. The number of rotatable bonds is 7. The third-order valence-corrected chi connectivity index (χ3v) is 18.6. The Morgan fingerprint density at radius 1 is 1.14 bits per heavy atom. The SMILES string of the molecule is CCCn1c(N=CN(C)C)nc2c(ncn2[C@@H]2O[C@@H]3CO[Si](C(C)(C)C)(C(C)(C)C)O[C@H]3[C@H]2O[Si](C)(C)C(C)(C)C)c1=O. The lowest BCUT2D eigenvalue weighted by Gasteiger charge is -2.54. The molecular formula is C30H54N6O5Si2. The molecule has 2 saturated heterocycles. The van der Waals surface area contributed by atoms with Gasteiger partial charge in [0.2, 0.25) is 5.95 Å². The minimum absolute atomic E-state index is 0.0411. The fraction of sp³-hybridized carbons (Fsp3) is 0.800. The Labute approximate surface area is 259 Å². The molecule has 4 heterocycles. The predicted molar refractivity (Wildman–Crippen MR) is 176 cm³/mol. The number of aliphatic imine (C=N–C) groups is 1. The van der Waals surface area contributed by atoms with Gasteiger partial charge in [0, 0.05) is 30.7 Å². The number of hydrogen-bond acceptors (Lipinski definition) is 8. The van der Waals surface area contributed by atoms with Crippen LogP contribution < -0.4 is 5.56 Å². The molecule has 0 spiro atoms. The van der Waals surface area contributed by atoms with E-state index in [4.69, 9.17) is 23.0 Å². The molecule has 2 aromatic rings. The van der Waals surface area contributed by atoms with Crippen LogP contribution >= 0.6 is 0 Å². The lowest BCUT2D eigenvalue weighted by molar-refractivity contribution is -0.0795. The van der Waals surface area contributed by atoms with Crippen LogP contribution in [0.3, 0.4) is 0 Å². The van der Waals surface area contributed by atoms with Crippen molar-refractivity contribution in [1.82, 2.24) is 24.0 Å². The van der Waals surface area contributed by atoms with Crippen LogP contribution in [0, 0.1) is 0 Å². The third kappa shape index (κ3) is 6.05. The van der Waals surface area contributed by atoms with E-state index >= 15 is 0 Å². The van der Waals surface area contributed by atoms with Crippen molar-refractivity contribution < 1.29 is 18.0 Å². The molecule has 43 heavy (non-hydrogen) atoms. The van der Waals surface area contributed by atoms with Gasteiger partial charge < -0.3 is 22.9 Å². The zero-order chi connectivity index (χ0) is 32.3. The van der Waals surface area contributed by atoms with Crippen molar-refractivity contribution in [3.63, 3.8) is 0 Å². The maximum absolute atomic E-state index is 13.7. The first-order valence-electron chi connectivity index (χ1n) is 15.5. The second kappa shape index (κ2) is 11.5. The number of ether oxygens (including phenoxy) is 1. The van der Waals surface area contributed by atoms with Crippen LogP contribution in [0.25, 0.3) is 11.2 Å². The lowest BCUT2D eigenvalue weighted by Crippen LogP contribution is -2.66. The highest BCUT2D eigenvalue weighted by molar-refractivity contribution is 6.74. The van der Waals surface area contributed by atoms with Crippen molar-refractivity contribution in [2.45, 2.75) is 135 Å². The van der Waals surface area contributed by atoms with Crippen LogP contribution in [0.1, 0.15) is 81.9 Å². The zero-order valence-electron chi connectivity index (χ0n) is 28.8. The fourth-order valence-electron chi connectivity index (χ4n) is 6.05. The smallest absolute Gasteiger partial charge is 0.349 e. The van der Waals surface area contributed by atoms with E-state index in [1.807, 2.05) is 30.5 Å². The second-order valence-electron chi connectivity index (χ2n) is 15.8. The van der Waals surface area contributed by atoms with Crippen LogP contribution in [0.4, 0.5) is 5.95 Å². The average Bonchev–Trinajstić information content (AvgIpc) is 3.43. The largest absolute Gasteiger partial charge is 0.407 e. The van der Waals surface area contributed by atoms with E-state index in [2.05, 4.69) is 85.4 Å². The molecule has 0 radical (unpaired) electrons. The van der Waals surface area contributed by atoms with Gasteiger partial charge in [0.05, 0.1) is 19.3 Å². The normalized spacial score (nSPS) is 25.1. The van der Waals surface area contributed by atoms with E-state index in [1.165, 1.54) is 0 Å². The van der Waals surface area contributed by atoms with Gasteiger partial charge in [0.25, 0.3) is 5.56 Å². The van der Waals surface area contributed by atoms with Crippen LogP contribution in [0.2, 0.25) is 28.2 Å². The highest BCUT2D eigenvalue weighted by Crippen LogP contribution is 2.56. The quantitative estimate of drug-likeness (QED) is 0.208. The van der Waals surface area contributed by atoms with Gasteiger partial charge in [0.15, 0.2) is 25.7 Å². The van der Waals surface area contributed by atoms with Crippen LogP contribution in [0.15, 0.2) is 16.1 Å². The summed E-state index contributed by atoms with van der Waals surface area (Å²) in [7, 11) is -1.37. The first kappa shape index (κ1) is 34.0. The number of hydrogen-bond donors (Lipinski definition) is 0. The molecular weight excluding hydrogens is 581 g/mol. The van der Waals surface area contributed by atoms with Gasteiger partial charge in [-0.2, -0.15) is 4.98 Å². The molecule has 11 nitrogen and oxygen atoms in total. The highest BCUT2D eigenvalue weighted by Gasteiger charge is 2.66. The van der Waals surface area contributed by atoms with Crippen molar-refractivity contribution in [3.05, 3.63) is 16.7 Å². The molecule has 2 fully saturated rings. The summed E-state index contributed by atoms with van der Waals surface area (Å²) >= 11 is 0. The zero-order valence-corrected chi connectivity index (χ0v) is 30.8. The van der Waals surface area contributed by atoms with Gasteiger partial charge >= 0.3 is 8.56 Å². The van der Waals surface area contributed by atoms with Gasteiger partial charge in [-0.25, -0.2) is 9.98 Å². The number of aromatic nitrogens is 4. The van der Waals surface area contributed by atoms with Gasteiger partial charge in [-0.3, -0.25) is 13.9 Å². The second-order valence-corrected chi connectivity index (χ2v) is 25.3. The minimum Gasteiger partial charge on any atom is -0.407 e. The third-order valence-electron chi connectivity index (χ3n) is 9.04. The van der Waals surface area contributed by atoms with Gasteiger partial charge in [0.1, 0.15) is 18.3 Å². The maximum Gasteiger partial charge on any atom is 0.349 e. The molecule has 2 aliphatic heterocycles. The number of nitrogens with zero attached hydrogens (tertiary/aromatic N) is 6. The summed E-state index contributed by atoms with van der Waals surface area (Å²) in [6.45, 7) is 27.4. The molecule has 2 aromatic heterocycles. The number of fused-ring (bicyclic) bond motifs is 2. The van der Waals surface area contributed by atoms with E-state index in [0.717, 1.165) is 6.42 Å². The summed E-state index contributed by atoms with van der Waals surface area (Å²) in [5, 5.41) is -0.424. The first-order chi connectivity index (χ1) is 19.6.